The Balaban J connectivity index is 1.50. The summed E-state index contributed by atoms with van der Waals surface area (Å²) in [7, 11) is -4.08. The summed E-state index contributed by atoms with van der Waals surface area (Å²) >= 11 is 0. The molecule has 0 bridgehead atoms. The predicted octanol–water partition coefficient (Wildman–Crippen LogP) is 4.04. The number of aromatic hydroxyl groups is 1. The van der Waals surface area contributed by atoms with Crippen molar-refractivity contribution in [3.63, 3.8) is 0 Å². The summed E-state index contributed by atoms with van der Waals surface area (Å²) in [6.45, 7) is 0. The fraction of sp³-hybridized carbons (Fsp3) is 0. The number of phenolic OH excluding ortho intramolecular Hbond substituents is 1. The van der Waals surface area contributed by atoms with E-state index in [0.717, 1.165) is 29.8 Å². The first kappa shape index (κ1) is 21.9. The molecule has 10 heteroatoms. The van der Waals surface area contributed by atoms with Crippen molar-refractivity contribution < 1.29 is 22.7 Å². The van der Waals surface area contributed by atoms with Gasteiger partial charge in [-0.15, -0.1) is 0 Å². The second-order valence-corrected chi connectivity index (χ2v) is 8.58. The van der Waals surface area contributed by atoms with Crippen LogP contribution in [0.15, 0.2) is 90.1 Å². The van der Waals surface area contributed by atoms with Gasteiger partial charge in [0, 0.05) is 29.2 Å². The molecule has 1 heterocycles. The lowest BCUT2D eigenvalue weighted by Gasteiger charge is -2.12. The van der Waals surface area contributed by atoms with E-state index in [1.165, 1.54) is 18.2 Å². The Morgan fingerprint density at radius 1 is 0.909 bits per heavy atom. The molecule has 3 N–H and O–H groups in total. The maximum atomic E-state index is 13.1. The van der Waals surface area contributed by atoms with Crippen molar-refractivity contribution in [3.8, 4) is 17.1 Å². The van der Waals surface area contributed by atoms with E-state index in [9.17, 15) is 22.7 Å². The average Bonchev–Trinajstić information content (AvgIpc) is 2.82. The predicted molar refractivity (Wildman–Crippen MR) is 121 cm³/mol. The Bertz CT molecular complexity index is 1400. The van der Waals surface area contributed by atoms with Crippen molar-refractivity contribution in [2.75, 3.05) is 10.0 Å². The molecule has 3 aromatic carbocycles. The molecule has 0 aliphatic heterocycles. The summed E-state index contributed by atoms with van der Waals surface area (Å²) in [4.78, 5) is 20.7. The lowest BCUT2D eigenvalue weighted by Crippen LogP contribution is -2.14. The highest BCUT2D eigenvalue weighted by molar-refractivity contribution is 7.92. The van der Waals surface area contributed by atoms with E-state index in [2.05, 4.69) is 20.0 Å². The van der Waals surface area contributed by atoms with Gasteiger partial charge in [0.2, 0.25) is 0 Å². The number of nitrogens with zero attached hydrogens (tertiary/aromatic N) is 2. The Kier molecular flexibility index (Phi) is 6.01. The van der Waals surface area contributed by atoms with Crippen LogP contribution in [0.2, 0.25) is 0 Å². The zero-order valence-electron chi connectivity index (χ0n) is 16.9. The number of nitrogens with one attached hydrogen (secondary N) is 2. The third-order valence-electron chi connectivity index (χ3n) is 4.59. The van der Waals surface area contributed by atoms with Crippen molar-refractivity contribution in [2.45, 2.75) is 4.90 Å². The lowest BCUT2D eigenvalue weighted by atomic mass is 10.1. The Labute approximate surface area is 188 Å². The third-order valence-corrected chi connectivity index (χ3v) is 5.98. The second-order valence-electron chi connectivity index (χ2n) is 6.90. The number of carbonyl (C=O) groups excluding carboxylic acids is 1. The molecule has 0 atom stereocenters. The van der Waals surface area contributed by atoms with E-state index in [4.69, 9.17) is 0 Å². The van der Waals surface area contributed by atoms with Crippen molar-refractivity contribution >= 4 is 27.3 Å². The van der Waals surface area contributed by atoms with Crippen LogP contribution in [0, 0.1) is 5.82 Å². The van der Waals surface area contributed by atoms with Gasteiger partial charge in [0.25, 0.3) is 15.9 Å². The van der Waals surface area contributed by atoms with Gasteiger partial charge in [-0.3, -0.25) is 9.52 Å². The molecule has 1 amide bonds. The van der Waals surface area contributed by atoms with E-state index in [1.54, 1.807) is 42.7 Å². The van der Waals surface area contributed by atoms with Gasteiger partial charge in [-0.2, -0.15) is 0 Å². The summed E-state index contributed by atoms with van der Waals surface area (Å²) in [6, 6.07) is 16.5. The number of aromatic nitrogens is 2. The number of phenols is 1. The highest BCUT2D eigenvalue weighted by Gasteiger charge is 2.17. The summed E-state index contributed by atoms with van der Waals surface area (Å²) in [6.07, 6.45) is 3.24. The number of hydrogen-bond donors (Lipinski definition) is 3. The highest BCUT2D eigenvalue weighted by Crippen LogP contribution is 2.29. The molecule has 1 aromatic heterocycles. The first-order chi connectivity index (χ1) is 15.8. The molecule has 0 fully saturated rings. The molecule has 0 unspecified atom stereocenters. The van der Waals surface area contributed by atoms with Crippen LogP contribution in [0.5, 0.6) is 5.75 Å². The largest absolute Gasteiger partial charge is 0.506 e. The topological polar surface area (TPSA) is 121 Å². The zero-order valence-corrected chi connectivity index (χ0v) is 17.8. The zero-order chi connectivity index (χ0) is 23.4. The molecule has 0 saturated heterocycles. The molecule has 0 saturated carbocycles. The molecule has 4 rings (SSSR count). The normalized spacial score (nSPS) is 11.1. The van der Waals surface area contributed by atoms with Gasteiger partial charge < -0.3 is 10.4 Å². The number of anilines is 2. The number of rotatable bonds is 6. The van der Waals surface area contributed by atoms with Crippen LogP contribution in [-0.2, 0) is 10.0 Å². The minimum absolute atomic E-state index is 0.145. The summed E-state index contributed by atoms with van der Waals surface area (Å²) in [5.74, 6) is -0.827. The number of sulfonamides is 1. The van der Waals surface area contributed by atoms with Gasteiger partial charge in [-0.25, -0.2) is 22.8 Å². The third kappa shape index (κ3) is 5.13. The van der Waals surface area contributed by atoms with Crippen molar-refractivity contribution in [1.82, 2.24) is 9.97 Å². The fourth-order valence-corrected chi connectivity index (χ4v) is 4.00. The van der Waals surface area contributed by atoms with E-state index in [0.29, 0.717) is 11.4 Å². The number of benzene rings is 3. The lowest BCUT2D eigenvalue weighted by molar-refractivity contribution is 0.102. The molecule has 0 spiro atoms. The molecule has 4 aromatic rings. The molecule has 0 aliphatic rings. The molecule has 166 valence electrons. The van der Waals surface area contributed by atoms with Crippen LogP contribution >= 0.6 is 0 Å². The van der Waals surface area contributed by atoms with Gasteiger partial charge in [0.05, 0.1) is 10.6 Å². The summed E-state index contributed by atoms with van der Waals surface area (Å²) in [5, 5.41) is 12.7. The maximum Gasteiger partial charge on any atom is 0.262 e. The van der Waals surface area contributed by atoms with E-state index in [1.807, 2.05) is 0 Å². The number of carbonyl (C=O) groups is 1. The smallest absolute Gasteiger partial charge is 0.262 e. The van der Waals surface area contributed by atoms with Gasteiger partial charge >= 0.3 is 0 Å². The maximum absolute atomic E-state index is 13.1. The minimum atomic E-state index is -4.08. The van der Waals surface area contributed by atoms with Crippen molar-refractivity contribution in [3.05, 3.63) is 96.6 Å². The minimum Gasteiger partial charge on any atom is -0.506 e. The molecule has 0 aliphatic carbocycles. The monoisotopic (exact) mass is 464 g/mol. The average molecular weight is 464 g/mol. The Hall–Kier alpha value is -4.31. The summed E-state index contributed by atoms with van der Waals surface area (Å²) in [5.41, 5.74) is 1.21. The first-order valence-corrected chi connectivity index (χ1v) is 11.1. The van der Waals surface area contributed by atoms with Crippen LogP contribution in [0.1, 0.15) is 10.4 Å². The standard InChI is InChI=1S/C23H17FN4O4S/c24-17-6-9-19(10-7-17)33(31,32)28-20-14-18(8-11-21(20)29)27-23(30)16-4-2-15(3-5-16)22-25-12-1-13-26-22/h1-14,28-29H,(H,27,30). The van der Waals surface area contributed by atoms with Gasteiger partial charge in [-0.1, -0.05) is 12.1 Å². The SMILES string of the molecule is O=C(Nc1ccc(O)c(NS(=O)(=O)c2ccc(F)cc2)c1)c1ccc(-c2ncccn2)cc1. The van der Waals surface area contributed by atoms with Crippen molar-refractivity contribution in [2.24, 2.45) is 0 Å². The Morgan fingerprint density at radius 3 is 2.24 bits per heavy atom. The fourth-order valence-electron chi connectivity index (χ4n) is 2.94. The van der Waals surface area contributed by atoms with Crippen molar-refractivity contribution in [1.29, 1.82) is 0 Å². The van der Waals surface area contributed by atoms with Gasteiger partial charge in [-0.05, 0) is 60.7 Å². The molecular weight excluding hydrogens is 447 g/mol. The molecule has 8 nitrogen and oxygen atoms in total. The van der Waals surface area contributed by atoms with Crippen LogP contribution < -0.4 is 10.0 Å². The van der Waals surface area contributed by atoms with Gasteiger partial charge in [0.1, 0.15) is 11.6 Å². The van der Waals surface area contributed by atoms with Crippen LogP contribution in [0.3, 0.4) is 0 Å². The van der Waals surface area contributed by atoms with E-state index >= 15 is 0 Å². The number of halogens is 1. The second kappa shape index (κ2) is 9.05. The first-order valence-electron chi connectivity index (χ1n) is 9.62. The van der Waals surface area contributed by atoms with E-state index in [-0.39, 0.29) is 22.0 Å². The summed E-state index contributed by atoms with van der Waals surface area (Å²) < 4.78 is 40.4. The molecule has 33 heavy (non-hydrogen) atoms. The van der Waals surface area contributed by atoms with Gasteiger partial charge in [0.15, 0.2) is 5.82 Å². The Morgan fingerprint density at radius 2 is 1.58 bits per heavy atom. The molecule has 0 radical (unpaired) electrons. The van der Waals surface area contributed by atoms with E-state index < -0.39 is 21.7 Å². The quantitative estimate of drug-likeness (QED) is 0.293. The van der Waals surface area contributed by atoms with Crippen LogP contribution in [-0.4, -0.2) is 29.4 Å². The highest BCUT2D eigenvalue weighted by atomic mass is 32.2. The van der Waals surface area contributed by atoms with Crippen LogP contribution in [0.25, 0.3) is 11.4 Å². The van der Waals surface area contributed by atoms with Crippen LogP contribution in [0.4, 0.5) is 15.8 Å². The number of hydrogen-bond acceptors (Lipinski definition) is 6. The number of amides is 1. The molecular formula is C23H17FN4O4S.